The van der Waals surface area contributed by atoms with Crippen molar-refractivity contribution in [2.24, 2.45) is 0 Å². The van der Waals surface area contributed by atoms with Gasteiger partial charge in [-0.15, -0.1) is 11.8 Å². The summed E-state index contributed by atoms with van der Waals surface area (Å²) in [6, 6.07) is 7.57. The van der Waals surface area contributed by atoms with Crippen molar-refractivity contribution in [1.29, 1.82) is 0 Å². The Morgan fingerprint density at radius 2 is 2.10 bits per heavy atom. The van der Waals surface area contributed by atoms with Gasteiger partial charge in [0.1, 0.15) is 5.75 Å². The fraction of sp³-hybridized carbons (Fsp3) is 0.200. The van der Waals surface area contributed by atoms with Gasteiger partial charge in [0.15, 0.2) is 0 Å². The Labute approximate surface area is 121 Å². The van der Waals surface area contributed by atoms with E-state index in [0.717, 1.165) is 27.5 Å². The molecule has 0 bridgehead atoms. The number of ether oxygens (including phenoxy) is 1. The van der Waals surface area contributed by atoms with Crippen molar-refractivity contribution in [3.63, 3.8) is 0 Å². The zero-order valence-corrected chi connectivity index (χ0v) is 12.5. The molecule has 0 radical (unpaired) electrons. The molecule has 2 aromatic rings. The van der Waals surface area contributed by atoms with Gasteiger partial charge in [-0.3, -0.25) is 4.79 Å². The first kappa shape index (κ1) is 14.4. The van der Waals surface area contributed by atoms with E-state index in [1.54, 1.807) is 18.9 Å². The number of hydrogen-bond acceptors (Lipinski definition) is 4. The fourth-order valence-electron chi connectivity index (χ4n) is 1.80. The Kier molecular flexibility index (Phi) is 4.63. The molecule has 0 saturated carbocycles. The number of aromatic nitrogens is 2. The summed E-state index contributed by atoms with van der Waals surface area (Å²) in [5.41, 5.74) is 2.35. The summed E-state index contributed by atoms with van der Waals surface area (Å²) < 4.78 is 5.38. The number of benzene rings is 1. The molecule has 0 aliphatic carbocycles. The Bertz CT molecular complexity index is 693. The summed E-state index contributed by atoms with van der Waals surface area (Å²) >= 11 is 1.67. The number of nitrogens with one attached hydrogen (secondary N) is 1. The third kappa shape index (κ3) is 3.30. The molecule has 5 heteroatoms. The van der Waals surface area contributed by atoms with Crippen molar-refractivity contribution < 1.29 is 4.74 Å². The zero-order valence-electron chi connectivity index (χ0n) is 11.6. The molecule has 1 heterocycles. The summed E-state index contributed by atoms with van der Waals surface area (Å²) in [4.78, 5) is 12.3. The summed E-state index contributed by atoms with van der Waals surface area (Å²) in [6.07, 6.45) is 5.82. The van der Waals surface area contributed by atoms with E-state index in [2.05, 4.69) is 10.2 Å². The molecule has 0 unspecified atom stereocenters. The van der Waals surface area contributed by atoms with Gasteiger partial charge in [-0.25, -0.2) is 5.10 Å². The van der Waals surface area contributed by atoms with Gasteiger partial charge in [0.2, 0.25) is 0 Å². The number of aromatic amines is 1. The monoisotopic (exact) mass is 288 g/mol. The van der Waals surface area contributed by atoms with E-state index < -0.39 is 0 Å². The minimum absolute atomic E-state index is 0.193. The molecule has 2 rings (SSSR count). The highest BCUT2D eigenvalue weighted by Crippen LogP contribution is 2.26. The van der Waals surface area contributed by atoms with E-state index in [4.69, 9.17) is 4.74 Å². The van der Waals surface area contributed by atoms with E-state index in [1.807, 2.05) is 43.5 Å². The Morgan fingerprint density at radius 1 is 1.30 bits per heavy atom. The lowest BCUT2D eigenvalue weighted by molar-refractivity contribution is 0.413. The Balaban J connectivity index is 2.33. The van der Waals surface area contributed by atoms with E-state index in [-0.39, 0.29) is 5.56 Å². The molecule has 0 aliphatic rings. The van der Waals surface area contributed by atoms with Gasteiger partial charge in [0, 0.05) is 16.5 Å². The second-order valence-electron chi connectivity index (χ2n) is 4.24. The summed E-state index contributed by atoms with van der Waals surface area (Å²) in [5.74, 6) is 0.815. The first-order chi connectivity index (χ1) is 9.63. The predicted octanol–water partition coefficient (Wildman–Crippen LogP) is 2.98. The molecule has 4 nitrogen and oxygen atoms in total. The zero-order chi connectivity index (χ0) is 14.5. The van der Waals surface area contributed by atoms with Crippen LogP contribution in [-0.2, 0) is 0 Å². The highest BCUT2D eigenvalue weighted by Gasteiger charge is 2.02. The molecule has 1 aromatic carbocycles. The number of methoxy groups -OCH3 is 1. The van der Waals surface area contributed by atoms with Crippen molar-refractivity contribution in [3.05, 3.63) is 51.4 Å². The number of H-pyrrole nitrogens is 1. The number of aryl methyl sites for hydroxylation is 1. The first-order valence-corrected chi connectivity index (χ1v) is 7.33. The van der Waals surface area contributed by atoms with Crippen LogP contribution in [0.5, 0.6) is 5.75 Å². The number of rotatable bonds is 4. The Hall–Kier alpha value is -2.01. The standard InChI is InChI=1S/C15H16N2O2S/c1-10-8-15(18)17-16-13(10)7-5-11-4-6-12(20-3)9-14(11)19-2/h4-9H,1-3H3,(H,17,18)/b7-5+. The molecule has 0 aliphatic heterocycles. The Morgan fingerprint density at radius 3 is 2.75 bits per heavy atom. The summed E-state index contributed by atoms with van der Waals surface area (Å²) in [7, 11) is 1.65. The smallest absolute Gasteiger partial charge is 0.264 e. The molecule has 0 saturated heterocycles. The number of nitrogens with zero attached hydrogens (tertiary/aromatic N) is 1. The van der Waals surface area contributed by atoms with Crippen LogP contribution >= 0.6 is 11.8 Å². The van der Waals surface area contributed by atoms with Crippen molar-refractivity contribution in [2.45, 2.75) is 11.8 Å². The van der Waals surface area contributed by atoms with Crippen LogP contribution < -0.4 is 10.3 Å². The van der Waals surface area contributed by atoms with Gasteiger partial charge in [0.05, 0.1) is 12.8 Å². The van der Waals surface area contributed by atoms with Crippen molar-refractivity contribution in [2.75, 3.05) is 13.4 Å². The highest BCUT2D eigenvalue weighted by atomic mass is 32.2. The minimum atomic E-state index is -0.193. The maximum Gasteiger partial charge on any atom is 0.264 e. The predicted molar refractivity (Wildman–Crippen MR) is 83.3 cm³/mol. The first-order valence-electron chi connectivity index (χ1n) is 6.10. The normalized spacial score (nSPS) is 10.9. The molecule has 0 spiro atoms. The maximum absolute atomic E-state index is 11.1. The molecule has 1 N–H and O–H groups in total. The largest absolute Gasteiger partial charge is 0.496 e. The lowest BCUT2D eigenvalue weighted by Gasteiger charge is -2.06. The van der Waals surface area contributed by atoms with Crippen LogP contribution in [-0.4, -0.2) is 23.6 Å². The van der Waals surface area contributed by atoms with E-state index in [0.29, 0.717) is 0 Å². The topological polar surface area (TPSA) is 55.0 Å². The molecule has 20 heavy (non-hydrogen) atoms. The van der Waals surface area contributed by atoms with Gasteiger partial charge in [-0.2, -0.15) is 5.10 Å². The quantitative estimate of drug-likeness (QED) is 0.879. The molecule has 0 amide bonds. The van der Waals surface area contributed by atoms with Crippen LogP contribution in [0, 0.1) is 6.92 Å². The second-order valence-corrected chi connectivity index (χ2v) is 5.12. The molecule has 0 atom stereocenters. The van der Waals surface area contributed by atoms with Crippen LogP contribution in [0.15, 0.2) is 34.0 Å². The van der Waals surface area contributed by atoms with Gasteiger partial charge < -0.3 is 4.74 Å². The third-order valence-electron chi connectivity index (χ3n) is 2.90. The molecular weight excluding hydrogens is 272 g/mol. The van der Waals surface area contributed by atoms with E-state index >= 15 is 0 Å². The van der Waals surface area contributed by atoms with Crippen LogP contribution in [0.1, 0.15) is 16.8 Å². The average molecular weight is 288 g/mol. The van der Waals surface area contributed by atoms with Gasteiger partial charge >= 0.3 is 0 Å². The van der Waals surface area contributed by atoms with Crippen LogP contribution in [0.4, 0.5) is 0 Å². The molecule has 104 valence electrons. The van der Waals surface area contributed by atoms with Crippen molar-refractivity contribution in [1.82, 2.24) is 10.2 Å². The molecular formula is C15H16N2O2S. The van der Waals surface area contributed by atoms with Gasteiger partial charge in [-0.05, 0) is 43.0 Å². The maximum atomic E-state index is 11.1. The summed E-state index contributed by atoms with van der Waals surface area (Å²) in [6.45, 7) is 1.86. The fourth-order valence-corrected chi connectivity index (χ4v) is 2.23. The molecule has 0 fully saturated rings. The average Bonchev–Trinajstić information content (AvgIpc) is 2.46. The molecule has 1 aromatic heterocycles. The van der Waals surface area contributed by atoms with Crippen LogP contribution in [0.25, 0.3) is 12.2 Å². The van der Waals surface area contributed by atoms with Crippen LogP contribution in [0.2, 0.25) is 0 Å². The lowest BCUT2D eigenvalue weighted by atomic mass is 10.1. The van der Waals surface area contributed by atoms with Gasteiger partial charge in [-0.1, -0.05) is 6.07 Å². The van der Waals surface area contributed by atoms with Crippen LogP contribution in [0.3, 0.4) is 0 Å². The van der Waals surface area contributed by atoms with E-state index in [9.17, 15) is 4.79 Å². The SMILES string of the molecule is COc1cc(SC)ccc1/C=C/c1n[nH]c(=O)cc1C. The van der Waals surface area contributed by atoms with Gasteiger partial charge in [0.25, 0.3) is 5.56 Å². The number of thioether (sulfide) groups is 1. The van der Waals surface area contributed by atoms with E-state index in [1.165, 1.54) is 6.07 Å². The minimum Gasteiger partial charge on any atom is -0.496 e. The lowest BCUT2D eigenvalue weighted by Crippen LogP contribution is -2.08. The number of hydrogen-bond donors (Lipinski definition) is 1. The third-order valence-corrected chi connectivity index (χ3v) is 3.62. The second kappa shape index (κ2) is 6.43. The van der Waals surface area contributed by atoms with Crippen molar-refractivity contribution in [3.8, 4) is 5.75 Å². The van der Waals surface area contributed by atoms with Crippen molar-refractivity contribution >= 4 is 23.9 Å². The highest BCUT2D eigenvalue weighted by molar-refractivity contribution is 7.98. The summed E-state index contributed by atoms with van der Waals surface area (Å²) in [5, 5.41) is 6.45.